The minimum absolute atomic E-state index is 0.123. The zero-order chi connectivity index (χ0) is 20.8. The Morgan fingerprint density at radius 3 is 2.48 bits per heavy atom. The molecule has 3 rings (SSSR count). The number of carbonyl (C=O) groups excluding carboxylic acids is 3. The van der Waals surface area contributed by atoms with Crippen LogP contribution in [0.1, 0.15) is 27.8 Å². The van der Waals surface area contributed by atoms with Gasteiger partial charge in [-0.15, -0.1) is 11.3 Å². The van der Waals surface area contributed by atoms with Crippen molar-refractivity contribution in [2.75, 3.05) is 19.0 Å². The second kappa shape index (κ2) is 9.11. The number of ether oxygens (including phenoxy) is 2. The summed E-state index contributed by atoms with van der Waals surface area (Å²) in [7, 11) is 1.58. The van der Waals surface area contributed by atoms with E-state index in [1.165, 1.54) is 18.3 Å². The monoisotopic (exact) mass is 410 g/mol. The van der Waals surface area contributed by atoms with E-state index >= 15 is 0 Å². The zero-order valence-electron chi connectivity index (χ0n) is 15.8. The lowest BCUT2D eigenvalue weighted by Crippen LogP contribution is -2.22. The number of thiazole rings is 1. The van der Waals surface area contributed by atoms with Crippen molar-refractivity contribution in [1.29, 1.82) is 0 Å². The summed E-state index contributed by atoms with van der Waals surface area (Å²) in [6, 6.07) is 13.9. The van der Waals surface area contributed by atoms with E-state index in [9.17, 15) is 14.4 Å². The van der Waals surface area contributed by atoms with Crippen molar-refractivity contribution in [2.45, 2.75) is 6.92 Å². The Labute approximate surface area is 171 Å². The fourth-order valence-electron chi connectivity index (χ4n) is 2.52. The molecule has 0 fully saturated rings. The summed E-state index contributed by atoms with van der Waals surface area (Å²) in [6.45, 7) is 0.925. The lowest BCUT2D eigenvalue weighted by Gasteiger charge is -2.09. The van der Waals surface area contributed by atoms with Crippen LogP contribution in [0.4, 0.5) is 5.69 Å². The van der Waals surface area contributed by atoms with E-state index in [-0.39, 0.29) is 11.5 Å². The number of para-hydroxylation sites is 1. The standard InChI is InChI=1S/C21H18N2O5S/c1-13(24)16-5-3-4-6-17(16)22-19(25)11-28-21(26)18-12-29-20(23-18)14-7-9-15(27-2)10-8-14/h3-10,12H,11H2,1-2H3,(H,22,25). The third kappa shape index (κ3) is 5.05. The Hall–Kier alpha value is -3.52. The average Bonchev–Trinajstić information content (AvgIpc) is 3.22. The molecule has 0 spiro atoms. The van der Waals surface area contributed by atoms with Gasteiger partial charge in [0.2, 0.25) is 0 Å². The van der Waals surface area contributed by atoms with E-state index in [0.717, 1.165) is 11.3 Å². The molecular formula is C21H18N2O5S. The van der Waals surface area contributed by atoms with E-state index in [1.807, 2.05) is 12.1 Å². The molecule has 8 heteroatoms. The molecule has 0 saturated heterocycles. The third-order valence-corrected chi connectivity index (χ3v) is 4.86. The van der Waals surface area contributed by atoms with E-state index in [1.54, 1.807) is 48.9 Å². The van der Waals surface area contributed by atoms with Gasteiger partial charge in [-0.3, -0.25) is 9.59 Å². The molecule has 0 radical (unpaired) electrons. The lowest BCUT2D eigenvalue weighted by molar-refractivity contribution is -0.119. The van der Waals surface area contributed by atoms with Crippen LogP contribution in [0, 0.1) is 0 Å². The summed E-state index contributed by atoms with van der Waals surface area (Å²) >= 11 is 1.30. The summed E-state index contributed by atoms with van der Waals surface area (Å²) in [4.78, 5) is 40.1. The molecule has 1 heterocycles. The second-order valence-corrected chi connectivity index (χ2v) is 6.85. The minimum Gasteiger partial charge on any atom is -0.497 e. The largest absolute Gasteiger partial charge is 0.497 e. The molecule has 7 nitrogen and oxygen atoms in total. The summed E-state index contributed by atoms with van der Waals surface area (Å²) in [5, 5.41) is 4.80. The van der Waals surface area contributed by atoms with Crippen molar-refractivity contribution in [3.63, 3.8) is 0 Å². The first-order valence-electron chi connectivity index (χ1n) is 8.65. The van der Waals surface area contributed by atoms with Crippen LogP contribution in [0.25, 0.3) is 10.6 Å². The highest BCUT2D eigenvalue weighted by Crippen LogP contribution is 2.26. The number of nitrogens with zero attached hydrogens (tertiary/aromatic N) is 1. The van der Waals surface area contributed by atoms with Crippen LogP contribution in [0.2, 0.25) is 0 Å². The number of anilines is 1. The van der Waals surface area contributed by atoms with Gasteiger partial charge in [-0.25, -0.2) is 9.78 Å². The predicted octanol–water partition coefficient (Wildman–Crippen LogP) is 3.82. The Balaban J connectivity index is 1.59. The third-order valence-electron chi connectivity index (χ3n) is 3.97. The molecule has 2 aromatic carbocycles. The molecule has 0 bridgehead atoms. The molecular weight excluding hydrogens is 392 g/mol. The molecule has 3 aromatic rings. The number of aromatic nitrogens is 1. The molecule has 0 aliphatic heterocycles. The molecule has 0 aliphatic carbocycles. The first-order chi connectivity index (χ1) is 14.0. The Bertz CT molecular complexity index is 1040. The van der Waals surface area contributed by atoms with Gasteiger partial charge in [0.1, 0.15) is 10.8 Å². The first-order valence-corrected chi connectivity index (χ1v) is 9.53. The smallest absolute Gasteiger partial charge is 0.358 e. The van der Waals surface area contributed by atoms with Crippen molar-refractivity contribution < 1.29 is 23.9 Å². The van der Waals surface area contributed by atoms with Crippen molar-refractivity contribution >= 4 is 34.7 Å². The molecule has 1 amide bonds. The van der Waals surface area contributed by atoms with Gasteiger partial charge in [-0.1, -0.05) is 12.1 Å². The quantitative estimate of drug-likeness (QED) is 0.470. The molecule has 148 valence electrons. The number of hydrogen-bond acceptors (Lipinski definition) is 7. The van der Waals surface area contributed by atoms with Crippen molar-refractivity contribution in [2.24, 2.45) is 0 Å². The summed E-state index contributed by atoms with van der Waals surface area (Å²) in [6.07, 6.45) is 0. The summed E-state index contributed by atoms with van der Waals surface area (Å²) in [5.41, 5.74) is 1.72. The summed E-state index contributed by atoms with van der Waals surface area (Å²) < 4.78 is 10.2. The Morgan fingerprint density at radius 2 is 1.79 bits per heavy atom. The molecule has 0 atom stereocenters. The second-order valence-electron chi connectivity index (χ2n) is 5.99. The van der Waals surface area contributed by atoms with Crippen molar-refractivity contribution in [3.8, 4) is 16.3 Å². The first kappa shape index (κ1) is 20.2. The topological polar surface area (TPSA) is 94.6 Å². The van der Waals surface area contributed by atoms with Gasteiger partial charge in [-0.2, -0.15) is 0 Å². The Morgan fingerprint density at radius 1 is 1.07 bits per heavy atom. The van der Waals surface area contributed by atoms with Gasteiger partial charge >= 0.3 is 5.97 Å². The van der Waals surface area contributed by atoms with Crippen LogP contribution in [0.15, 0.2) is 53.9 Å². The van der Waals surface area contributed by atoms with Crippen LogP contribution in [-0.2, 0) is 9.53 Å². The van der Waals surface area contributed by atoms with E-state index in [0.29, 0.717) is 16.3 Å². The van der Waals surface area contributed by atoms with Crippen LogP contribution in [0.5, 0.6) is 5.75 Å². The Kier molecular flexibility index (Phi) is 6.36. The number of ketones is 1. The van der Waals surface area contributed by atoms with Gasteiger partial charge in [0.05, 0.1) is 12.8 Å². The van der Waals surface area contributed by atoms with Gasteiger partial charge in [0.15, 0.2) is 18.1 Å². The van der Waals surface area contributed by atoms with Gasteiger partial charge in [0, 0.05) is 16.5 Å². The molecule has 0 aliphatic rings. The molecule has 29 heavy (non-hydrogen) atoms. The van der Waals surface area contributed by atoms with Gasteiger partial charge in [-0.05, 0) is 43.3 Å². The summed E-state index contributed by atoms with van der Waals surface area (Å²) in [5.74, 6) is -0.692. The number of methoxy groups -OCH3 is 1. The number of amides is 1. The number of esters is 1. The molecule has 1 N–H and O–H groups in total. The molecule has 0 saturated carbocycles. The van der Waals surface area contributed by atoms with E-state index in [2.05, 4.69) is 10.3 Å². The fraction of sp³-hybridized carbons (Fsp3) is 0.143. The SMILES string of the molecule is COc1ccc(-c2nc(C(=O)OCC(=O)Nc3ccccc3C(C)=O)cs2)cc1. The molecule has 0 unspecified atom stereocenters. The fourth-order valence-corrected chi connectivity index (χ4v) is 3.32. The van der Waals surface area contributed by atoms with E-state index in [4.69, 9.17) is 9.47 Å². The highest BCUT2D eigenvalue weighted by atomic mass is 32.1. The highest BCUT2D eigenvalue weighted by Gasteiger charge is 2.16. The number of carbonyl (C=O) groups is 3. The van der Waals surface area contributed by atoms with Crippen molar-refractivity contribution in [3.05, 3.63) is 65.2 Å². The minimum atomic E-state index is -0.698. The number of benzene rings is 2. The number of nitrogens with one attached hydrogen (secondary N) is 1. The lowest BCUT2D eigenvalue weighted by atomic mass is 10.1. The zero-order valence-corrected chi connectivity index (χ0v) is 16.6. The maximum atomic E-state index is 12.2. The number of Topliss-reactive ketones (excluding diaryl/α,β-unsaturated/α-hetero) is 1. The van der Waals surface area contributed by atoms with Crippen LogP contribution in [0.3, 0.4) is 0 Å². The number of rotatable bonds is 7. The maximum absolute atomic E-state index is 12.2. The van der Waals surface area contributed by atoms with Crippen LogP contribution in [-0.4, -0.2) is 36.4 Å². The van der Waals surface area contributed by atoms with E-state index < -0.39 is 18.5 Å². The van der Waals surface area contributed by atoms with Crippen LogP contribution >= 0.6 is 11.3 Å². The average molecular weight is 410 g/mol. The van der Waals surface area contributed by atoms with Gasteiger partial charge in [0.25, 0.3) is 5.91 Å². The predicted molar refractivity (Wildman–Crippen MR) is 109 cm³/mol. The van der Waals surface area contributed by atoms with Gasteiger partial charge < -0.3 is 14.8 Å². The number of hydrogen-bond donors (Lipinski definition) is 1. The highest BCUT2D eigenvalue weighted by molar-refractivity contribution is 7.13. The normalized spacial score (nSPS) is 10.3. The molecule has 1 aromatic heterocycles. The van der Waals surface area contributed by atoms with Crippen LogP contribution < -0.4 is 10.1 Å². The van der Waals surface area contributed by atoms with Crippen molar-refractivity contribution in [1.82, 2.24) is 4.98 Å². The maximum Gasteiger partial charge on any atom is 0.358 e.